The topological polar surface area (TPSA) is 69.7 Å². The summed E-state index contributed by atoms with van der Waals surface area (Å²) in [5.74, 6) is -0.423. The van der Waals surface area contributed by atoms with Crippen molar-refractivity contribution < 1.29 is 19.0 Å². The molecule has 1 aromatic heterocycles. The Morgan fingerprint density at radius 2 is 2.50 bits per heavy atom. The van der Waals surface area contributed by atoms with Gasteiger partial charge in [-0.05, 0) is 22.0 Å². The molecule has 0 saturated carbocycles. The van der Waals surface area contributed by atoms with Gasteiger partial charge in [0.05, 0.1) is 20.3 Å². The van der Waals surface area contributed by atoms with Crippen molar-refractivity contribution >= 4 is 21.9 Å². The lowest BCUT2D eigenvalue weighted by atomic mass is 9.96. The van der Waals surface area contributed by atoms with Gasteiger partial charge in [0.1, 0.15) is 16.8 Å². The quantitative estimate of drug-likeness (QED) is 0.645. The summed E-state index contributed by atoms with van der Waals surface area (Å²) in [5, 5.41) is 3.25. The van der Waals surface area contributed by atoms with Crippen molar-refractivity contribution in [3.8, 4) is 0 Å². The van der Waals surface area contributed by atoms with E-state index in [1.165, 1.54) is 7.11 Å². The summed E-state index contributed by atoms with van der Waals surface area (Å²) in [7, 11) is 1.33. The van der Waals surface area contributed by atoms with Gasteiger partial charge in [-0.1, -0.05) is 6.07 Å². The zero-order chi connectivity index (χ0) is 14.4. The van der Waals surface area contributed by atoms with Gasteiger partial charge in [0, 0.05) is 24.8 Å². The van der Waals surface area contributed by atoms with Crippen molar-refractivity contribution in [3.05, 3.63) is 28.5 Å². The van der Waals surface area contributed by atoms with E-state index in [9.17, 15) is 4.79 Å². The fourth-order valence-electron chi connectivity index (χ4n) is 2.05. The molecule has 1 N–H and O–H groups in total. The molecule has 0 radical (unpaired) electrons. The van der Waals surface area contributed by atoms with Crippen molar-refractivity contribution in [1.82, 2.24) is 10.3 Å². The van der Waals surface area contributed by atoms with Crippen LogP contribution in [0.3, 0.4) is 0 Å². The van der Waals surface area contributed by atoms with Crippen LogP contribution in [0, 0.1) is 0 Å². The van der Waals surface area contributed by atoms with E-state index < -0.39 is 11.6 Å². The molecule has 6 nitrogen and oxygen atoms in total. The Bertz CT molecular complexity index is 461. The first-order valence-electron chi connectivity index (χ1n) is 6.28. The summed E-state index contributed by atoms with van der Waals surface area (Å²) in [4.78, 5) is 15.6. The Kier molecular flexibility index (Phi) is 5.47. The molecule has 20 heavy (non-hydrogen) atoms. The minimum atomic E-state index is -0.766. The molecule has 2 heterocycles. The molecule has 110 valence electrons. The van der Waals surface area contributed by atoms with E-state index >= 15 is 0 Å². The van der Waals surface area contributed by atoms with Gasteiger partial charge in [0.2, 0.25) is 0 Å². The molecule has 0 aromatic carbocycles. The number of methoxy groups -OCH3 is 1. The first-order chi connectivity index (χ1) is 9.68. The highest BCUT2D eigenvalue weighted by atomic mass is 79.9. The number of hydrogen-bond acceptors (Lipinski definition) is 6. The fourth-order valence-corrected chi connectivity index (χ4v) is 2.66. The SMILES string of the molecule is COC(=O)COC1(c2cccnc2Br)CNCCOC1. The van der Waals surface area contributed by atoms with E-state index in [4.69, 9.17) is 9.47 Å². The van der Waals surface area contributed by atoms with E-state index in [1.54, 1.807) is 6.20 Å². The van der Waals surface area contributed by atoms with Gasteiger partial charge in [0.25, 0.3) is 0 Å². The van der Waals surface area contributed by atoms with Crippen LogP contribution in [0.2, 0.25) is 0 Å². The number of halogens is 1. The maximum absolute atomic E-state index is 11.4. The summed E-state index contributed by atoms with van der Waals surface area (Å²) in [5.41, 5.74) is 0.0796. The van der Waals surface area contributed by atoms with Crippen LogP contribution in [-0.4, -0.2) is 51.0 Å². The number of nitrogens with one attached hydrogen (secondary N) is 1. The number of pyridine rings is 1. The van der Waals surface area contributed by atoms with Gasteiger partial charge < -0.3 is 19.5 Å². The second-order valence-corrected chi connectivity index (χ2v) is 5.18. The van der Waals surface area contributed by atoms with Crippen LogP contribution in [-0.2, 0) is 24.6 Å². The summed E-state index contributed by atoms with van der Waals surface area (Å²) in [6, 6.07) is 3.74. The van der Waals surface area contributed by atoms with Crippen LogP contribution in [0.1, 0.15) is 5.56 Å². The number of ether oxygens (including phenoxy) is 3. The molecular weight excluding hydrogens is 328 g/mol. The zero-order valence-corrected chi connectivity index (χ0v) is 12.8. The van der Waals surface area contributed by atoms with Crippen LogP contribution in [0.15, 0.2) is 22.9 Å². The molecule has 1 aliphatic rings. The van der Waals surface area contributed by atoms with Crippen molar-refractivity contribution in [2.45, 2.75) is 5.60 Å². The number of rotatable bonds is 4. The Hall–Kier alpha value is -1.02. The lowest BCUT2D eigenvalue weighted by Crippen LogP contribution is -2.44. The highest BCUT2D eigenvalue weighted by molar-refractivity contribution is 9.10. The minimum Gasteiger partial charge on any atom is -0.467 e. The molecular formula is C13H17BrN2O4. The maximum Gasteiger partial charge on any atom is 0.331 e. The molecule has 1 saturated heterocycles. The first-order valence-corrected chi connectivity index (χ1v) is 7.07. The highest BCUT2D eigenvalue weighted by Crippen LogP contribution is 2.31. The van der Waals surface area contributed by atoms with Crippen molar-refractivity contribution in [3.63, 3.8) is 0 Å². The lowest BCUT2D eigenvalue weighted by molar-refractivity contribution is -0.158. The van der Waals surface area contributed by atoms with E-state index in [2.05, 4.69) is 31.0 Å². The van der Waals surface area contributed by atoms with Crippen LogP contribution in [0.25, 0.3) is 0 Å². The second-order valence-electron chi connectivity index (χ2n) is 4.43. The minimum absolute atomic E-state index is 0.136. The molecule has 0 spiro atoms. The van der Waals surface area contributed by atoms with Crippen LogP contribution >= 0.6 is 15.9 Å². The molecule has 1 aliphatic heterocycles. The summed E-state index contributed by atoms with van der Waals surface area (Å²) in [6.07, 6.45) is 1.69. The number of aromatic nitrogens is 1. The lowest BCUT2D eigenvalue weighted by Gasteiger charge is -2.32. The average molecular weight is 345 g/mol. The van der Waals surface area contributed by atoms with E-state index in [0.29, 0.717) is 24.4 Å². The van der Waals surface area contributed by atoms with Crippen LogP contribution < -0.4 is 5.32 Å². The Morgan fingerprint density at radius 3 is 3.25 bits per heavy atom. The number of hydrogen-bond donors (Lipinski definition) is 1. The first kappa shape index (κ1) is 15.4. The standard InChI is InChI=1S/C13H17BrN2O4/c1-18-11(17)7-20-13(8-15-5-6-19-9-13)10-3-2-4-16-12(10)14/h2-4,15H,5-9H2,1H3. The smallest absolute Gasteiger partial charge is 0.331 e. The van der Waals surface area contributed by atoms with Crippen molar-refractivity contribution in [1.29, 1.82) is 0 Å². The molecule has 0 aliphatic carbocycles. The van der Waals surface area contributed by atoms with E-state index in [1.807, 2.05) is 12.1 Å². The number of carbonyl (C=O) groups excluding carboxylic acids is 1. The molecule has 7 heteroatoms. The Morgan fingerprint density at radius 1 is 1.65 bits per heavy atom. The highest BCUT2D eigenvalue weighted by Gasteiger charge is 2.37. The fraction of sp³-hybridized carbons (Fsp3) is 0.538. The third kappa shape index (κ3) is 3.54. The summed E-state index contributed by atoms with van der Waals surface area (Å²) < 4.78 is 16.7. The average Bonchev–Trinajstić information content (AvgIpc) is 2.71. The van der Waals surface area contributed by atoms with Gasteiger partial charge in [-0.25, -0.2) is 9.78 Å². The van der Waals surface area contributed by atoms with Crippen molar-refractivity contribution in [2.75, 3.05) is 40.0 Å². The van der Waals surface area contributed by atoms with Gasteiger partial charge in [-0.15, -0.1) is 0 Å². The number of esters is 1. The summed E-state index contributed by atoms with van der Waals surface area (Å²) in [6.45, 7) is 2.08. The van der Waals surface area contributed by atoms with Gasteiger partial charge in [-0.2, -0.15) is 0 Å². The molecule has 0 bridgehead atoms. The van der Waals surface area contributed by atoms with Gasteiger partial charge in [0.15, 0.2) is 0 Å². The second kappa shape index (κ2) is 7.12. The predicted octanol–water partition coefficient (Wildman–Crippen LogP) is 0.849. The Balaban J connectivity index is 2.27. The third-order valence-corrected chi connectivity index (χ3v) is 3.74. The molecule has 1 aromatic rings. The Labute approximate surface area is 125 Å². The monoisotopic (exact) mass is 344 g/mol. The van der Waals surface area contributed by atoms with E-state index in [0.717, 1.165) is 12.1 Å². The molecule has 1 fully saturated rings. The van der Waals surface area contributed by atoms with E-state index in [-0.39, 0.29) is 6.61 Å². The molecule has 2 rings (SSSR count). The summed E-state index contributed by atoms with van der Waals surface area (Å²) >= 11 is 3.43. The number of nitrogens with zero attached hydrogens (tertiary/aromatic N) is 1. The normalized spacial score (nSPS) is 23.1. The zero-order valence-electron chi connectivity index (χ0n) is 11.2. The largest absolute Gasteiger partial charge is 0.467 e. The van der Waals surface area contributed by atoms with Gasteiger partial charge in [-0.3, -0.25) is 0 Å². The maximum atomic E-state index is 11.4. The molecule has 1 unspecified atom stereocenters. The van der Waals surface area contributed by atoms with Crippen LogP contribution in [0.5, 0.6) is 0 Å². The molecule has 0 amide bonds. The van der Waals surface area contributed by atoms with Gasteiger partial charge >= 0.3 is 5.97 Å². The predicted molar refractivity (Wildman–Crippen MR) is 75.3 cm³/mol. The third-order valence-electron chi connectivity index (χ3n) is 3.11. The van der Waals surface area contributed by atoms with Crippen LogP contribution in [0.4, 0.5) is 0 Å². The number of carbonyl (C=O) groups is 1. The molecule has 1 atom stereocenters. The van der Waals surface area contributed by atoms with Crippen molar-refractivity contribution in [2.24, 2.45) is 0 Å².